The van der Waals surface area contributed by atoms with Crippen LogP contribution in [0.1, 0.15) is 50.3 Å². The quantitative estimate of drug-likeness (QED) is 0.363. The summed E-state index contributed by atoms with van der Waals surface area (Å²) < 4.78 is 18.7. The molecule has 2 fully saturated rings. The van der Waals surface area contributed by atoms with Gasteiger partial charge in [0.2, 0.25) is 0 Å². The Morgan fingerprint density at radius 2 is 1.84 bits per heavy atom. The van der Waals surface area contributed by atoms with E-state index in [9.17, 15) is 19.1 Å². The summed E-state index contributed by atoms with van der Waals surface area (Å²) in [5, 5.41) is 11.6. The first kappa shape index (κ1) is 33.2. The van der Waals surface area contributed by atoms with Gasteiger partial charge in [0.1, 0.15) is 17.0 Å². The van der Waals surface area contributed by atoms with Crippen molar-refractivity contribution in [2.24, 2.45) is 0 Å². The van der Waals surface area contributed by atoms with E-state index in [1.54, 1.807) is 41.3 Å². The molecule has 2 aliphatic rings. The van der Waals surface area contributed by atoms with E-state index in [1.165, 1.54) is 18.2 Å². The lowest BCUT2D eigenvalue weighted by Crippen LogP contribution is -2.53. The van der Waals surface area contributed by atoms with Crippen molar-refractivity contribution in [2.75, 3.05) is 39.3 Å². The van der Waals surface area contributed by atoms with Gasteiger partial charge >= 0.3 is 6.09 Å². The standard InChI is InChI=1S/C35H39ClFN3O4/c1-5-31-24-38(23-26-6-11-30(37)12-7-26)20-21-40(31)25-32(41)13-9-27-8-10-29(36)22-28(27)14-15-35(43)16-18-39(19-17-35)33(42)44-34(2,3)4/h1,6-13,22,31,43H,16-21,23-25H2,2-4H3/b13-9+/t31-/m1/s1. The molecule has 0 saturated carbocycles. The third-order valence-corrected chi connectivity index (χ3v) is 7.82. The highest BCUT2D eigenvalue weighted by Crippen LogP contribution is 2.24. The molecular formula is C35H39ClFN3O4. The number of aliphatic hydroxyl groups is 1. The number of benzene rings is 2. The van der Waals surface area contributed by atoms with E-state index < -0.39 is 17.3 Å². The summed E-state index contributed by atoms with van der Waals surface area (Å²) in [6.07, 6.45) is 9.22. The highest BCUT2D eigenvalue weighted by molar-refractivity contribution is 6.30. The smallest absolute Gasteiger partial charge is 0.410 e. The summed E-state index contributed by atoms with van der Waals surface area (Å²) >= 11 is 6.25. The Morgan fingerprint density at radius 1 is 1.14 bits per heavy atom. The number of amides is 1. The van der Waals surface area contributed by atoms with Crippen molar-refractivity contribution >= 4 is 29.6 Å². The first-order valence-corrected chi connectivity index (χ1v) is 15.1. The van der Waals surface area contributed by atoms with Crippen LogP contribution in [0, 0.1) is 30.0 Å². The van der Waals surface area contributed by atoms with Gasteiger partial charge in [-0.3, -0.25) is 14.6 Å². The fourth-order valence-electron chi connectivity index (χ4n) is 5.13. The SMILES string of the molecule is C#C[C@@H]1CN(Cc2ccc(F)cc2)CCN1CC(=O)/C=C/c1ccc(Cl)cc1C#CC1(O)CCN(C(=O)OC(C)(C)C)CC1. The molecule has 2 aliphatic heterocycles. The van der Waals surface area contributed by atoms with E-state index in [0.29, 0.717) is 48.9 Å². The maximum Gasteiger partial charge on any atom is 0.410 e. The number of terminal acetylenes is 1. The fourth-order valence-corrected chi connectivity index (χ4v) is 5.30. The minimum atomic E-state index is -1.26. The summed E-state index contributed by atoms with van der Waals surface area (Å²) in [6, 6.07) is 11.4. The topological polar surface area (TPSA) is 73.3 Å². The largest absolute Gasteiger partial charge is 0.444 e. The van der Waals surface area contributed by atoms with Crippen LogP contribution in [0.2, 0.25) is 5.02 Å². The van der Waals surface area contributed by atoms with E-state index in [4.69, 9.17) is 22.8 Å². The Bertz CT molecular complexity index is 1470. The second kappa shape index (κ2) is 14.4. The van der Waals surface area contributed by atoms with Gasteiger partial charge in [0, 0.05) is 62.7 Å². The second-order valence-corrected chi connectivity index (χ2v) is 12.7. The predicted molar refractivity (Wildman–Crippen MR) is 170 cm³/mol. The maximum atomic E-state index is 13.2. The molecule has 1 amide bonds. The molecule has 232 valence electrons. The predicted octanol–water partition coefficient (Wildman–Crippen LogP) is 4.99. The van der Waals surface area contributed by atoms with Gasteiger partial charge in [0.05, 0.1) is 12.6 Å². The van der Waals surface area contributed by atoms with Crippen LogP contribution >= 0.6 is 11.6 Å². The minimum Gasteiger partial charge on any atom is -0.444 e. The molecule has 0 radical (unpaired) electrons. The minimum absolute atomic E-state index is 0.0979. The van der Waals surface area contributed by atoms with Gasteiger partial charge in [-0.15, -0.1) is 6.42 Å². The Balaban J connectivity index is 1.35. The van der Waals surface area contributed by atoms with Crippen LogP contribution in [0.4, 0.5) is 9.18 Å². The van der Waals surface area contributed by atoms with Crippen molar-refractivity contribution in [3.05, 3.63) is 76.1 Å². The summed E-state index contributed by atoms with van der Waals surface area (Å²) in [6.45, 7) is 8.93. The zero-order chi connectivity index (χ0) is 31.9. The molecule has 2 aromatic rings. The van der Waals surface area contributed by atoms with Crippen molar-refractivity contribution in [1.82, 2.24) is 14.7 Å². The molecule has 0 unspecified atom stereocenters. The molecule has 44 heavy (non-hydrogen) atoms. The van der Waals surface area contributed by atoms with Crippen LogP contribution in [0.25, 0.3) is 6.08 Å². The maximum absolute atomic E-state index is 13.2. The van der Waals surface area contributed by atoms with E-state index in [1.807, 2.05) is 25.7 Å². The van der Waals surface area contributed by atoms with E-state index >= 15 is 0 Å². The van der Waals surface area contributed by atoms with Gasteiger partial charge < -0.3 is 14.7 Å². The summed E-state index contributed by atoms with van der Waals surface area (Å²) in [4.78, 5) is 31.1. The molecule has 2 aromatic carbocycles. The van der Waals surface area contributed by atoms with Crippen LogP contribution in [0.5, 0.6) is 0 Å². The average molecular weight is 620 g/mol. The molecule has 0 aromatic heterocycles. The number of nitrogens with zero attached hydrogens (tertiary/aromatic N) is 3. The summed E-state index contributed by atoms with van der Waals surface area (Å²) in [5.74, 6) is 8.47. The van der Waals surface area contributed by atoms with E-state index in [-0.39, 0.29) is 37.0 Å². The first-order valence-electron chi connectivity index (χ1n) is 14.7. The summed E-state index contributed by atoms with van der Waals surface area (Å²) in [5.41, 5.74) is 0.436. The number of hydrogen-bond donors (Lipinski definition) is 1. The lowest BCUT2D eigenvalue weighted by Gasteiger charge is -2.38. The lowest BCUT2D eigenvalue weighted by molar-refractivity contribution is -0.116. The van der Waals surface area contributed by atoms with Crippen molar-refractivity contribution in [3.8, 4) is 24.2 Å². The molecule has 2 heterocycles. The van der Waals surface area contributed by atoms with Crippen LogP contribution < -0.4 is 0 Å². The van der Waals surface area contributed by atoms with Gasteiger partial charge in [0.25, 0.3) is 0 Å². The number of ether oxygens (including phenoxy) is 1. The fraction of sp³-hybridized carbons (Fsp3) is 0.429. The first-order chi connectivity index (χ1) is 20.8. The van der Waals surface area contributed by atoms with Crippen molar-refractivity contribution in [3.63, 3.8) is 0 Å². The number of likely N-dealkylation sites (tertiary alicyclic amines) is 1. The molecule has 0 aliphatic carbocycles. The molecule has 0 bridgehead atoms. The van der Waals surface area contributed by atoms with Crippen LogP contribution in [0.3, 0.4) is 0 Å². The van der Waals surface area contributed by atoms with E-state index in [2.05, 4.69) is 22.7 Å². The number of carbonyl (C=O) groups is 2. The number of hydrogen-bond acceptors (Lipinski definition) is 6. The zero-order valence-electron chi connectivity index (χ0n) is 25.5. The molecule has 9 heteroatoms. The number of rotatable bonds is 6. The van der Waals surface area contributed by atoms with Gasteiger partial charge in [-0.2, -0.15) is 0 Å². The molecule has 4 rings (SSSR count). The van der Waals surface area contributed by atoms with Crippen LogP contribution in [-0.2, 0) is 16.1 Å². The number of halogens is 2. The van der Waals surface area contributed by atoms with Crippen molar-refractivity contribution < 1.29 is 23.8 Å². The molecule has 1 N–H and O–H groups in total. The van der Waals surface area contributed by atoms with Gasteiger partial charge in [-0.25, -0.2) is 9.18 Å². The molecule has 2 saturated heterocycles. The van der Waals surface area contributed by atoms with Crippen molar-refractivity contribution in [2.45, 2.75) is 57.4 Å². The normalized spacial score (nSPS) is 19.2. The Morgan fingerprint density at radius 3 is 2.50 bits per heavy atom. The van der Waals surface area contributed by atoms with Gasteiger partial charge in [-0.1, -0.05) is 53.6 Å². The Hall–Kier alpha value is -3.66. The number of carbonyl (C=O) groups excluding carboxylic acids is 2. The monoisotopic (exact) mass is 619 g/mol. The van der Waals surface area contributed by atoms with Crippen LogP contribution in [-0.4, -0.2) is 88.2 Å². The zero-order valence-corrected chi connectivity index (χ0v) is 26.2. The van der Waals surface area contributed by atoms with Crippen molar-refractivity contribution in [1.29, 1.82) is 0 Å². The summed E-state index contributed by atoms with van der Waals surface area (Å²) in [7, 11) is 0. The van der Waals surface area contributed by atoms with E-state index in [0.717, 1.165) is 12.1 Å². The third kappa shape index (κ3) is 9.67. The van der Waals surface area contributed by atoms with Gasteiger partial charge in [0.15, 0.2) is 5.78 Å². The number of piperazine rings is 1. The highest BCUT2D eigenvalue weighted by atomic mass is 35.5. The average Bonchev–Trinajstić information content (AvgIpc) is 2.97. The number of ketones is 1. The Kier molecular flexibility index (Phi) is 10.9. The molecule has 1 atom stereocenters. The number of piperidine rings is 1. The molecule has 0 spiro atoms. The second-order valence-electron chi connectivity index (χ2n) is 12.3. The molecule has 7 nitrogen and oxygen atoms in total. The molecular weight excluding hydrogens is 581 g/mol. The lowest BCUT2D eigenvalue weighted by atomic mass is 9.91. The third-order valence-electron chi connectivity index (χ3n) is 7.58. The Labute approximate surface area is 264 Å². The van der Waals surface area contributed by atoms with Gasteiger partial charge in [-0.05, 0) is 62.2 Å². The van der Waals surface area contributed by atoms with Crippen LogP contribution in [0.15, 0.2) is 48.5 Å². The highest BCUT2D eigenvalue weighted by Gasteiger charge is 2.34.